The molecule has 3 nitrogen and oxygen atoms in total. The molecule has 1 amide bonds. The first kappa shape index (κ1) is 11.5. The van der Waals surface area contributed by atoms with Gasteiger partial charge in [0.15, 0.2) is 0 Å². The third kappa shape index (κ3) is 3.25. The van der Waals surface area contributed by atoms with Crippen LogP contribution in [0.15, 0.2) is 35.2 Å². The van der Waals surface area contributed by atoms with Gasteiger partial charge in [0, 0.05) is 4.90 Å². The summed E-state index contributed by atoms with van der Waals surface area (Å²) in [5.41, 5.74) is 0. The van der Waals surface area contributed by atoms with Crippen LogP contribution in [0.3, 0.4) is 0 Å². The lowest BCUT2D eigenvalue weighted by atomic mass is 10.2. The Morgan fingerprint density at radius 1 is 1.44 bits per heavy atom. The van der Waals surface area contributed by atoms with Crippen molar-refractivity contribution in [3.8, 4) is 0 Å². The van der Waals surface area contributed by atoms with Crippen molar-refractivity contribution in [2.24, 2.45) is 0 Å². The molecule has 1 aromatic carbocycles. The summed E-state index contributed by atoms with van der Waals surface area (Å²) < 4.78 is 0. The number of amides is 1. The van der Waals surface area contributed by atoms with Crippen LogP contribution in [-0.2, 0) is 4.79 Å². The number of hydrogen-bond donors (Lipinski definition) is 2. The molecule has 1 saturated heterocycles. The normalized spacial score (nSPS) is 19.6. The van der Waals surface area contributed by atoms with Crippen LogP contribution in [-0.4, -0.2) is 24.4 Å². The van der Waals surface area contributed by atoms with Crippen molar-refractivity contribution in [2.75, 3.05) is 12.4 Å². The van der Waals surface area contributed by atoms with Crippen LogP contribution < -0.4 is 10.6 Å². The van der Waals surface area contributed by atoms with Crippen LogP contribution >= 0.6 is 11.8 Å². The van der Waals surface area contributed by atoms with E-state index >= 15 is 0 Å². The van der Waals surface area contributed by atoms with E-state index in [9.17, 15) is 4.79 Å². The Bertz CT molecular complexity index is 336. The molecule has 1 aliphatic heterocycles. The lowest BCUT2D eigenvalue weighted by molar-refractivity contribution is -0.122. The summed E-state index contributed by atoms with van der Waals surface area (Å²) in [4.78, 5) is 12.8. The van der Waals surface area contributed by atoms with E-state index in [1.807, 2.05) is 30.3 Å². The number of nitrogens with one attached hydrogen (secondary N) is 2. The second-order valence-corrected chi connectivity index (χ2v) is 4.84. The van der Waals surface area contributed by atoms with Gasteiger partial charge in [-0.1, -0.05) is 18.2 Å². The molecule has 16 heavy (non-hydrogen) atoms. The van der Waals surface area contributed by atoms with Gasteiger partial charge in [-0.3, -0.25) is 4.79 Å². The van der Waals surface area contributed by atoms with E-state index in [1.54, 1.807) is 11.8 Å². The SMILES string of the molecule is O=C(NCSc1ccccc1)[C@@H]1CCCN1. The summed E-state index contributed by atoms with van der Waals surface area (Å²) in [7, 11) is 0. The van der Waals surface area contributed by atoms with Crippen molar-refractivity contribution < 1.29 is 4.79 Å². The monoisotopic (exact) mass is 236 g/mol. The predicted molar refractivity (Wildman–Crippen MR) is 66.3 cm³/mol. The van der Waals surface area contributed by atoms with Crippen molar-refractivity contribution in [1.82, 2.24) is 10.6 Å². The zero-order chi connectivity index (χ0) is 11.2. The molecular formula is C12H16N2OS. The smallest absolute Gasteiger partial charge is 0.237 e. The fourth-order valence-corrected chi connectivity index (χ4v) is 2.47. The molecule has 86 valence electrons. The number of carbonyl (C=O) groups is 1. The highest BCUT2D eigenvalue weighted by molar-refractivity contribution is 7.99. The van der Waals surface area contributed by atoms with Gasteiger partial charge in [-0.05, 0) is 31.5 Å². The van der Waals surface area contributed by atoms with Crippen molar-refractivity contribution in [3.05, 3.63) is 30.3 Å². The minimum Gasteiger partial charge on any atom is -0.345 e. The zero-order valence-corrected chi connectivity index (χ0v) is 9.93. The van der Waals surface area contributed by atoms with Gasteiger partial charge in [0.05, 0.1) is 11.9 Å². The molecule has 1 aromatic rings. The fraction of sp³-hybridized carbons (Fsp3) is 0.417. The van der Waals surface area contributed by atoms with Crippen molar-refractivity contribution in [3.63, 3.8) is 0 Å². The van der Waals surface area contributed by atoms with E-state index in [1.165, 1.54) is 4.90 Å². The van der Waals surface area contributed by atoms with E-state index in [4.69, 9.17) is 0 Å². The van der Waals surface area contributed by atoms with E-state index < -0.39 is 0 Å². The molecule has 0 unspecified atom stereocenters. The van der Waals surface area contributed by atoms with E-state index in [0.717, 1.165) is 19.4 Å². The van der Waals surface area contributed by atoms with Gasteiger partial charge in [-0.25, -0.2) is 0 Å². The molecule has 1 atom stereocenters. The molecule has 1 aliphatic rings. The second kappa shape index (κ2) is 5.92. The third-order valence-electron chi connectivity index (χ3n) is 2.61. The summed E-state index contributed by atoms with van der Waals surface area (Å²) in [6, 6.07) is 10.1. The van der Waals surface area contributed by atoms with Crippen LogP contribution in [0.25, 0.3) is 0 Å². The Hall–Kier alpha value is -1.00. The average molecular weight is 236 g/mol. The van der Waals surface area contributed by atoms with E-state index in [-0.39, 0.29) is 11.9 Å². The third-order valence-corrected chi connectivity index (χ3v) is 3.50. The van der Waals surface area contributed by atoms with E-state index in [0.29, 0.717) is 5.88 Å². The van der Waals surface area contributed by atoms with Gasteiger partial charge in [-0.2, -0.15) is 0 Å². The van der Waals surface area contributed by atoms with Gasteiger partial charge < -0.3 is 10.6 Å². The topological polar surface area (TPSA) is 41.1 Å². The predicted octanol–water partition coefficient (Wildman–Crippen LogP) is 1.60. The highest BCUT2D eigenvalue weighted by atomic mass is 32.2. The first-order valence-electron chi connectivity index (χ1n) is 5.55. The highest BCUT2D eigenvalue weighted by Crippen LogP contribution is 2.15. The molecule has 0 spiro atoms. The number of benzene rings is 1. The molecule has 1 heterocycles. The maximum Gasteiger partial charge on any atom is 0.237 e. The number of hydrogen-bond acceptors (Lipinski definition) is 3. The summed E-state index contributed by atoms with van der Waals surface area (Å²) in [6.07, 6.45) is 2.06. The summed E-state index contributed by atoms with van der Waals surface area (Å²) in [5.74, 6) is 0.766. The number of carbonyl (C=O) groups excluding carboxylic acids is 1. The highest BCUT2D eigenvalue weighted by Gasteiger charge is 2.21. The van der Waals surface area contributed by atoms with Gasteiger partial charge in [0.2, 0.25) is 5.91 Å². The Labute approximate surface area is 100.0 Å². The first-order chi connectivity index (χ1) is 7.86. The van der Waals surface area contributed by atoms with E-state index in [2.05, 4.69) is 10.6 Å². The van der Waals surface area contributed by atoms with Gasteiger partial charge in [0.25, 0.3) is 0 Å². The lowest BCUT2D eigenvalue weighted by Crippen LogP contribution is -2.40. The molecule has 1 fully saturated rings. The van der Waals surface area contributed by atoms with Crippen molar-refractivity contribution in [2.45, 2.75) is 23.8 Å². The number of rotatable bonds is 4. The first-order valence-corrected chi connectivity index (χ1v) is 6.54. The summed E-state index contributed by atoms with van der Waals surface area (Å²) in [6.45, 7) is 0.962. The molecule has 2 N–H and O–H groups in total. The van der Waals surface area contributed by atoms with Crippen LogP contribution in [0.5, 0.6) is 0 Å². The Kier molecular flexibility index (Phi) is 4.25. The molecule has 0 aromatic heterocycles. The molecule has 4 heteroatoms. The van der Waals surface area contributed by atoms with Gasteiger partial charge in [-0.15, -0.1) is 11.8 Å². The Morgan fingerprint density at radius 3 is 2.94 bits per heavy atom. The maximum absolute atomic E-state index is 11.6. The average Bonchev–Trinajstić information content (AvgIpc) is 2.84. The Balaban J connectivity index is 1.70. The zero-order valence-electron chi connectivity index (χ0n) is 9.11. The Morgan fingerprint density at radius 2 is 2.25 bits per heavy atom. The molecular weight excluding hydrogens is 220 g/mol. The largest absolute Gasteiger partial charge is 0.345 e. The summed E-state index contributed by atoms with van der Waals surface area (Å²) >= 11 is 1.65. The fourth-order valence-electron chi connectivity index (χ4n) is 1.74. The number of thioether (sulfide) groups is 1. The molecule has 0 saturated carbocycles. The minimum atomic E-state index is 0.0244. The van der Waals surface area contributed by atoms with Crippen molar-refractivity contribution in [1.29, 1.82) is 0 Å². The van der Waals surface area contributed by atoms with Crippen LogP contribution in [0.4, 0.5) is 0 Å². The quantitative estimate of drug-likeness (QED) is 0.616. The second-order valence-electron chi connectivity index (χ2n) is 3.79. The van der Waals surface area contributed by atoms with Crippen LogP contribution in [0, 0.1) is 0 Å². The molecule has 2 rings (SSSR count). The van der Waals surface area contributed by atoms with Crippen molar-refractivity contribution >= 4 is 17.7 Å². The molecule has 0 bridgehead atoms. The standard InChI is InChI=1S/C12H16N2OS/c15-12(11-7-4-8-13-11)14-9-16-10-5-2-1-3-6-10/h1-3,5-6,11,13H,4,7-9H2,(H,14,15)/t11-/m0/s1. The van der Waals surface area contributed by atoms with Crippen LogP contribution in [0.1, 0.15) is 12.8 Å². The van der Waals surface area contributed by atoms with Crippen LogP contribution in [0.2, 0.25) is 0 Å². The lowest BCUT2D eigenvalue weighted by Gasteiger charge is -2.10. The minimum absolute atomic E-state index is 0.0244. The van der Waals surface area contributed by atoms with Gasteiger partial charge >= 0.3 is 0 Å². The van der Waals surface area contributed by atoms with Gasteiger partial charge in [0.1, 0.15) is 0 Å². The molecule has 0 radical (unpaired) electrons. The summed E-state index contributed by atoms with van der Waals surface area (Å²) in [5, 5.41) is 6.12. The maximum atomic E-state index is 11.6. The molecule has 0 aliphatic carbocycles.